The number of nitrogen functional groups attached to an aromatic ring is 1. The smallest absolute Gasteiger partial charge is 0.139 e. The predicted octanol–water partition coefficient (Wildman–Crippen LogP) is 4.64. The van der Waals surface area contributed by atoms with E-state index in [-0.39, 0.29) is 0 Å². The van der Waals surface area contributed by atoms with E-state index in [2.05, 4.69) is 0 Å². The number of nitrogens with two attached hydrogens (primary N) is 1. The second-order valence-corrected chi connectivity index (χ2v) is 4.63. The van der Waals surface area contributed by atoms with Gasteiger partial charge in [0.2, 0.25) is 0 Å². The van der Waals surface area contributed by atoms with Crippen LogP contribution in [0.15, 0.2) is 36.4 Å². The summed E-state index contributed by atoms with van der Waals surface area (Å²) in [4.78, 5) is 0. The molecule has 0 bridgehead atoms. The first-order valence-corrected chi connectivity index (χ1v) is 6.35. The highest BCUT2D eigenvalue weighted by atomic mass is 35.5. The minimum atomic E-state index is 0.549. The van der Waals surface area contributed by atoms with Crippen molar-refractivity contribution in [3.63, 3.8) is 0 Å². The lowest BCUT2D eigenvalue weighted by atomic mass is 10.1. The van der Waals surface area contributed by atoms with Gasteiger partial charge in [-0.3, -0.25) is 0 Å². The molecule has 0 aliphatic rings. The molecule has 0 saturated carbocycles. The number of benzene rings is 2. The summed E-state index contributed by atoms with van der Waals surface area (Å²) in [6.07, 6.45) is 0. The number of halogens is 2. The van der Waals surface area contributed by atoms with Gasteiger partial charge in [0.15, 0.2) is 0 Å². The van der Waals surface area contributed by atoms with Crippen molar-refractivity contribution >= 4 is 28.9 Å². The van der Waals surface area contributed by atoms with Gasteiger partial charge in [-0.1, -0.05) is 35.3 Å². The van der Waals surface area contributed by atoms with Gasteiger partial charge in [0.1, 0.15) is 5.75 Å². The van der Waals surface area contributed by atoms with E-state index in [1.807, 2.05) is 31.2 Å². The highest BCUT2D eigenvalue weighted by Crippen LogP contribution is 2.36. The summed E-state index contributed by atoms with van der Waals surface area (Å²) in [6.45, 7) is 2.45. The second-order valence-electron chi connectivity index (χ2n) is 3.82. The molecular weight excluding hydrogens is 269 g/mol. The molecule has 0 heterocycles. The molecule has 0 aliphatic heterocycles. The van der Waals surface area contributed by atoms with Gasteiger partial charge < -0.3 is 10.5 Å². The molecule has 94 valence electrons. The van der Waals surface area contributed by atoms with Crippen LogP contribution in [0, 0.1) is 0 Å². The third kappa shape index (κ3) is 2.71. The van der Waals surface area contributed by atoms with Crippen LogP contribution in [0.2, 0.25) is 10.0 Å². The van der Waals surface area contributed by atoms with Crippen LogP contribution >= 0.6 is 23.2 Å². The van der Waals surface area contributed by atoms with Gasteiger partial charge >= 0.3 is 0 Å². The van der Waals surface area contributed by atoms with Crippen LogP contribution in [0.25, 0.3) is 11.1 Å². The van der Waals surface area contributed by atoms with Gasteiger partial charge in [-0.05, 0) is 30.7 Å². The molecule has 0 saturated heterocycles. The molecule has 2 aromatic carbocycles. The monoisotopic (exact) mass is 281 g/mol. The fourth-order valence-electron chi connectivity index (χ4n) is 1.68. The first-order valence-electron chi connectivity index (χ1n) is 5.59. The summed E-state index contributed by atoms with van der Waals surface area (Å²) in [5, 5.41) is 1.15. The molecule has 0 unspecified atom stereocenters. The third-order valence-electron chi connectivity index (χ3n) is 2.54. The molecule has 0 radical (unpaired) electrons. The average molecular weight is 282 g/mol. The summed E-state index contributed by atoms with van der Waals surface area (Å²) in [5.74, 6) is 0.600. The van der Waals surface area contributed by atoms with Crippen molar-refractivity contribution in [2.24, 2.45) is 0 Å². The van der Waals surface area contributed by atoms with Crippen LogP contribution in [0.4, 0.5) is 5.69 Å². The van der Waals surface area contributed by atoms with Crippen LogP contribution in [0.1, 0.15) is 6.92 Å². The first kappa shape index (κ1) is 13.1. The number of hydrogen-bond acceptors (Lipinski definition) is 2. The van der Waals surface area contributed by atoms with Crippen molar-refractivity contribution in [1.82, 2.24) is 0 Å². The first-order chi connectivity index (χ1) is 8.61. The van der Waals surface area contributed by atoms with Gasteiger partial charge in [0, 0.05) is 17.3 Å². The zero-order valence-corrected chi connectivity index (χ0v) is 11.4. The van der Waals surface area contributed by atoms with E-state index in [1.54, 1.807) is 12.1 Å². The van der Waals surface area contributed by atoms with E-state index >= 15 is 0 Å². The summed E-state index contributed by atoms with van der Waals surface area (Å²) < 4.78 is 5.39. The Kier molecular flexibility index (Phi) is 4.00. The SMILES string of the molecule is CCOc1cc(Cl)c(-c2ccc(N)cc2)cc1Cl. The number of anilines is 1. The molecule has 0 fully saturated rings. The number of rotatable bonds is 3. The van der Waals surface area contributed by atoms with Crippen LogP contribution in [-0.2, 0) is 0 Å². The van der Waals surface area contributed by atoms with Gasteiger partial charge in [-0.15, -0.1) is 0 Å². The molecule has 4 heteroatoms. The Hall–Kier alpha value is -1.38. The summed E-state index contributed by atoms with van der Waals surface area (Å²) in [5.41, 5.74) is 8.21. The van der Waals surface area contributed by atoms with E-state index in [1.165, 1.54) is 0 Å². The second kappa shape index (κ2) is 5.51. The molecule has 2 rings (SSSR count). The Morgan fingerprint density at radius 3 is 2.33 bits per heavy atom. The van der Waals surface area contributed by atoms with Gasteiger partial charge in [-0.25, -0.2) is 0 Å². The standard InChI is InChI=1S/C14H13Cl2NO/c1-2-18-14-8-12(15)11(7-13(14)16)9-3-5-10(17)6-4-9/h3-8H,2,17H2,1H3. The predicted molar refractivity (Wildman–Crippen MR) is 77.5 cm³/mol. The topological polar surface area (TPSA) is 35.2 Å². The summed E-state index contributed by atoms with van der Waals surface area (Å²) >= 11 is 12.4. The minimum Gasteiger partial charge on any atom is -0.492 e. The average Bonchev–Trinajstić information content (AvgIpc) is 2.35. The minimum absolute atomic E-state index is 0.549. The third-order valence-corrected chi connectivity index (χ3v) is 3.15. The van der Waals surface area contributed by atoms with E-state index < -0.39 is 0 Å². The van der Waals surface area contributed by atoms with E-state index in [4.69, 9.17) is 33.7 Å². The molecule has 0 aliphatic carbocycles. The van der Waals surface area contributed by atoms with E-state index in [0.717, 1.165) is 11.1 Å². The Morgan fingerprint density at radius 1 is 1.06 bits per heavy atom. The summed E-state index contributed by atoms with van der Waals surface area (Å²) in [6, 6.07) is 11.0. The molecule has 2 nitrogen and oxygen atoms in total. The molecule has 0 atom stereocenters. The highest BCUT2D eigenvalue weighted by Gasteiger charge is 2.09. The molecule has 2 aromatic rings. The molecule has 18 heavy (non-hydrogen) atoms. The molecule has 0 spiro atoms. The maximum absolute atomic E-state index is 6.24. The van der Waals surface area contributed by atoms with Crippen molar-refractivity contribution in [2.45, 2.75) is 6.92 Å². The van der Waals surface area contributed by atoms with E-state index in [9.17, 15) is 0 Å². The molecule has 0 aromatic heterocycles. The highest BCUT2D eigenvalue weighted by molar-refractivity contribution is 6.36. The number of hydrogen-bond donors (Lipinski definition) is 1. The van der Waals surface area contributed by atoms with Crippen molar-refractivity contribution in [3.8, 4) is 16.9 Å². The fraction of sp³-hybridized carbons (Fsp3) is 0.143. The van der Waals surface area contributed by atoms with Crippen molar-refractivity contribution in [2.75, 3.05) is 12.3 Å². The van der Waals surface area contributed by atoms with Crippen molar-refractivity contribution in [1.29, 1.82) is 0 Å². The van der Waals surface area contributed by atoms with Crippen LogP contribution in [-0.4, -0.2) is 6.61 Å². The Balaban J connectivity index is 2.45. The maximum Gasteiger partial charge on any atom is 0.139 e. The van der Waals surface area contributed by atoms with Crippen LogP contribution < -0.4 is 10.5 Å². The van der Waals surface area contributed by atoms with E-state index in [0.29, 0.717) is 28.1 Å². The molecular formula is C14H13Cl2NO. The zero-order valence-electron chi connectivity index (χ0n) is 9.91. The maximum atomic E-state index is 6.24. The Bertz CT molecular complexity index is 552. The normalized spacial score (nSPS) is 10.4. The molecule has 2 N–H and O–H groups in total. The zero-order chi connectivity index (χ0) is 13.1. The van der Waals surface area contributed by atoms with Crippen molar-refractivity contribution < 1.29 is 4.74 Å². The quantitative estimate of drug-likeness (QED) is 0.832. The molecule has 0 amide bonds. The van der Waals surface area contributed by atoms with Crippen LogP contribution in [0.5, 0.6) is 5.75 Å². The van der Waals surface area contributed by atoms with Crippen LogP contribution in [0.3, 0.4) is 0 Å². The lowest BCUT2D eigenvalue weighted by Crippen LogP contribution is -1.93. The van der Waals surface area contributed by atoms with Gasteiger partial charge in [0.25, 0.3) is 0 Å². The van der Waals surface area contributed by atoms with Gasteiger partial charge in [-0.2, -0.15) is 0 Å². The Labute approximate surface area is 116 Å². The number of ether oxygens (including phenoxy) is 1. The largest absolute Gasteiger partial charge is 0.492 e. The lowest BCUT2D eigenvalue weighted by Gasteiger charge is -2.10. The fourth-order valence-corrected chi connectivity index (χ4v) is 2.16. The lowest BCUT2D eigenvalue weighted by molar-refractivity contribution is 0.340. The van der Waals surface area contributed by atoms with Gasteiger partial charge in [0.05, 0.1) is 16.7 Å². The van der Waals surface area contributed by atoms with Crippen molar-refractivity contribution in [3.05, 3.63) is 46.4 Å². The summed E-state index contributed by atoms with van der Waals surface area (Å²) in [7, 11) is 0. The Morgan fingerprint density at radius 2 is 1.72 bits per heavy atom.